The van der Waals surface area contributed by atoms with Gasteiger partial charge in [0.05, 0.1) is 0 Å². The number of aromatic nitrogens is 1. The zero-order chi connectivity index (χ0) is 18.5. The number of fused-ring (bicyclic) bond motifs is 1. The highest BCUT2D eigenvalue weighted by molar-refractivity contribution is 7.80. The van der Waals surface area contributed by atoms with Crippen molar-refractivity contribution in [2.45, 2.75) is 12.8 Å². The molecule has 0 bridgehead atoms. The number of aromatic amines is 1. The number of thiocarbonyl (C=S) groups is 1. The number of para-hydroxylation sites is 1. The Morgan fingerprint density at radius 2 is 1.81 bits per heavy atom. The molecule has 3 aromatic rings. The van der Waals surface area contributed by atoms with Crippen molar-refractivity contribution in [1.29, 1.82) is 0 Å². The second-order valence-corrected chi connectivity index (χ2v) is 6.98. The summed E-state index contributed by atoms with van der Waals surface area (Å²) in [4.78, 5) is 5.51. The molecule has 0 aliphatic carbocycles. The van der Waals surface area contributed by atoms with E-state index in [4.69, 9.17) is 12.2 Å². The SMILES string of the molecule is CCNC(=S)NC[C@H](c1ccc(N(C)C)cc1)c1c[nH]c2ccccc12. The highest BCUT2D eigenvalue weighted by Gasteiger charge is 2.18. The van der Waals surface area contributed by atoms with E-state index in [1.165, 1.54) is 22.2 Å². The first-order valence-electron chi connectivity index (χ1n) is 8.95. The lowest BCUT2D eigenvalue weighted by Gasteiger charge is -2.21. The third-order valence-electron chi connectivity index (χ3n) is 4.61. The molecule has 0 aliphatic heterocycles. The number of nitrogens with one attached hydrogen (secondary N) is 3. The van der Waals surface area contributed by atoms with Gasteiger partial charge in [-0.1, -0.05) is 30.3 Å². The van der Waals surface area contributed by atoms with Gasteiger partial charge in [-0.25, -0.2) is 0 Å². The molecule has 26 heavy (non-hydrogen) atoms. The Kier molecular flexibility index (Phi) is 5.78. The maximum absolute atomic E-state index is 5.37. The topological polar surface area (TPSA) is 43.1 Å². The number of benzene rings is 2. The first-order valence-corrected chi connectivity index (χ1v) is 9.36. The summed E-state index contributed by atoms with van der Waals surface area (Å²) < 4.78 is 0. The fourth-order valence-corrected chi connectivity index (χ4v) is 3.44. The van der Waals surface area contributed by atoms with Gasteiger partial charge in [0.2, 0.25) is 0 Å². The molecular weight excluding hydrogens is 340 g/mol. The lowest BCUT2D eigenvalue weighted by atomic mass is 9.90. The first kappa shape index (κ1) is 18.3. The Bertz CT molecular complexity index is 867. The van der Waals surface area contributed by atoms with Crippen molar-refractivity contribution in [2.24, 2.45) is 0 Å². The fourth-order valence-electron chi connectivity index (χ4n) is 3.21. The van der Waals surface area contributed by atoms with Crippen molar-refractivity contribution in [3.05, 3.63) is 65.9 Å². The molecule has 4 nitrogen and oxygen atoms in total. The van der Waals surface area contributed by atoms with Gasteiger partial charge >= 0.3 is 0 Å². The van der Waals surface area contributed by atoms with Crippen LogP contribution in [0.15, 0.2) is 54.7 Å². The van der Waals surface area contributed by atoms with Gasteiger partial charge < -0.3 is 20.5 Å². The average Bonchev–Trinajstić information content (AvgIpc) is 3.07. The van der Waals surface area contributed by atoms with Crippen LogP contribution in [0.1, 0.15) is 24.0 Å². The second kappa shape index (κ2) is 8.23. The van der Waals surface area contributed by atoms with Crippen LogP contribution in [-0.4, -0.2) is 37.3 Å². The lowest BCUT2D eigenvalue weighted by molar-refractivity contribution is 0.748. The van der Waals surface area contributed by atoms with E-state index in [0.29, 0.717) is 5.11 Å². The molecule has 1 heterocycles. The molecule has 0 saturated heterocycles. The van der Waals surface area contributed by atoms with Crippen molar-refractivity contribution in [1.82, 2.24) is 15.6 Å². The van der Waals surface area contributed by atoms with Gasteiger partial charge in [0.1, 0.15) is 0 Å². The predicted molar refractivity (Wildman–Crippen MR) is 115 cm³/mol. The number of nitrogens with zero attached hydrogens (tertiary/aromatic N) is 1. The standard InChI is InChI=1S/C21H26N4S/c1-4-22-21(26)24-13-18(15-9-11-16(12-10-15)25(2)3)19-14-23-20-8-6-5-7-17(19)20/h5-12,14,18,23H,4,13H2,1-3H3,(H2,22,24,26)/t18-/m1/s1. The molecule has 1 aromatic heterocycles. The highest BCUT2D eigenvalue weighted by Crippen LogP contribution is 2.31. The summed E-state index contributed by atoms with van der Waals surface area (Å²) in [6.45, 7) is 3.61. The van der Waals surface area contributed by atoms with Gasteiger partial charge in [-0.15, -0.1) is 0 Å². The summed E-state index contributed by atoms with van der Waals surface area (Å²) in [5, 5.41) is 8.48. The van der Waals surface area contributed by atoms with E-state index in [1.54, 1.807) is 0 Å². The average molecular weight is 367 g/mol. The number of H-pyrrole nitrogens is 1. The van der Waals surface area contributed by atoms with Crippen LogP contribution >= 0.6 is 12.2 Å². The van der Waals surface area contributed by atoms with Crippen LogP contribution in [0.4, 0.5) is 5.69 Å². The summed E-state index contributed by atoms with van der Waals surface area (Å²) in [5.74, 6) is 0.207. The molecule has 0 fully saturated rings. The van der Waals surface area contributed by atoms with Gasteiger partial charge in [-0.2, -0.15) is 0 Å². The minimum Gasteiger partial charge on any atom is -0.378 e. The molecule has 136 valence electrons. The molecule has 1 atom stereocenters. The van der Waals surface area contributed by atoms with Crippen LogP contribution in [0.2, 0.25) is 0 Å². The van der Waals surface area contributed by atoms with Gasteiger partial charge in [0, 0.05) is 55.9 Å². The fraction of sp³-hybridized carbons (Fsp3) is 0.286. The molecule has 0 spiro atoms. The maximum atomic E-state index is 5.37. The minimum absolute atomic E-state index is 0.207. The van der Waals surface area contributed by atoms with Crippen molar-refractivity contribution in [3.8, 4) is 0 Å². The van der Waals surface area contributed by atoms with Gasteiger partial charge in [-0.3, -0.25) is 0 Å². The van der Waals surface area contributed by atoms with E-state index in [9.17, 15) is 0 Å². The molecule has 0 radical (unpaired) electrons. The smallest absolute Gasteiger partial charge is 0.166 e. The summed E-state index contributed by atoms with van der Waals surface area (Å²) in [5.41, 5.74) is 4.91. The maximum Gasteiger partial charge on any atom is 0.166 e. The summed E-state index contributed by atoms with van der Waals surface area (Å²) >= 11 is 5.37. The largest absolute Gasteiger partial charge is 0.378 e. The minimum atomic E-state index is 0.207. The molecule has 0 aliphatic rings. The summed E-state index contributed by atoms with van der Waals surface area (Å²) in [7, 11) is 4.12. The Hall–Kier alpha value is -2.53. The Labute approximate surface area is 160 Å². The highest BCUT2D eigenvalue weighted by atomic mass is 32.1. The van der Waals surface area contributed by atoms with Crippen molar-refractivity contribution < 1.29 is 0 Å². The summed E-state index contributed by atoms with van der Waals surface area (Å²) in [6, 6.07) is 17.2. The van der Waals surface area contributed by atoms with E-state index < -0.39 is 0 Å². The Balaban J connectivity index is 1.94. The molecule has 0 unspecified atom stereocenters. The van der Waals surface area contributed by atoms with Crippen LogP contribution in [0, 0.1) is 0 Å². The van der Waals surface area contributed by atoms with E-state index in [-0.39, 0.29) is 5.92 Å². The Morgan fingerprint density at radius 3 is 2.50 bits per heavy atom. The molecule has 3 N–H and O–H groups in total. The van der Waals surface area contributed by atoms with Crippen LogP contribution in [-0.2, 0) is 0 Å². The third-order valence-corrected chi connectivity index (χ3v) is 4.90. The third kappa shape index (κ3) is 3.99. The van der Waals surface area contributed by atoms with Crippen LogP contribution in [0.25, 0.3) is 10.9 Å². The van der Waals surface area contributed by atoms with Gasteiger partial charge in [0.25, 0.3) is 0 Å². The number of rotatable bonds is 6. The van der Waals surface area contributed by atoms with Gasteiger partial charge in [0.15, 0.2) is 5.11 Å². The summed E-state index contributed by atoms with van der Waals surface area (Å²) in [6.07, 6.45) is 2.12. The quantitative estimate of drug-likeness (QED) is 0.580. The predicted octanol–water partition coefficient (Wildman–Crippen LogP) is 3.85. The molecule has 2 aromatic carbocycles. The van der Waals surface area contributed by atoms with Crippen molar-refractivity contribution in [3.63, 3.8) is 0 Å². The number of anilines is 1. The van der Waals surface area contributed by atoms with E-state index in [0.717, 1.165) is 18.6 Å². The zero-order valence-corrected chi connectivity index (χ0v) is 16.4. The van der Waals surface area contributed by atoms with Gasteiger partial charge in [-0.05, 0) is 48.5 Å². The van der Waals surface area contributed by atoms with E-state index in [2.05, 4.69) is 89.3 Å². The first-order chi connectivity index (χ1) is 12.6. The molecular formula is C21H26N4S. The van der Waals surface area contributed by atoms with Crippen LogP contribution in [0.3, 0.4) is 0 Å². The normalized spacial score (nSPS) is 12.0. The molecule has 0 amide bonds. The lowest BCUT2D eigenvalue weighted by Crippen LogP contribution is -2.37. The van der Waals surface area contributed by atoms with Crippen molar-refractivity contribution >= 4 is 33.9 Å². The zero-order valence-electron chi connectivity index (χ0n) is 15.5. The van der Waals surface area contributed by atoms with Crippen LogP contribution < -0.4 is 15.5 Å². The van der Waals surface area contributed by atoms with Crippen molar-refractivity contribution in [2.75, 3.05) is 32.1 Å². The molecule has 0 saturated carbocycles. The van der Waals surface area contributed by atoms with E-state index in [1.807, 2.05) is 6.92 Å². The number of hydrogen-bond acceptors (Lipinski definition) is 2. The molecule has 3 rings (SSSR count). The van der Waals surface area contributed by atoms with E-state index >= 15 is 0 Å². The number of hydrogen-bond donors (Lipinski definition) is 3. The molecule has 5 heteroatoms. The Morgan fingerprint density at radius 1 is 1.08 bits per heavy atom. The van der Waals surface area contributed by atoms with Crippen LogP contribution in [0.5, 0.6) is 0 Å². The second-order valence-electron chi connectivity index (χ2n) is 6.57. The monoisotopic (exact) mass is 366 g/mol.